The molecule has 0 aliphatic carbocycles. The van der Waals surface area contributed by atoms with Gasteiger partial charge in [-0.25, -0.2) is 4.98 Å². The van der Waals surface area contributed by atoms with Crippen LogP contribution in [0.15, 0.2) is 16.7 Å². The number of hydrogen-bond donors (Lipinski definition) is 0. The minimum atomic E-state index is 0.923. The third-order valence-electron chi connectivity index (χ3n) is 3.15. The van der Waals surface area contributed by atoms with Gasteiger partial charge in [-0.1, -0.05) is 19.9 Å². The molecule has 0 aromatic carbocycles. The van der Waals surface area contributed by atoms with E-state index in [1.165, 1.54) is 18.7 Å². The molecular formula is C14H24BrN3. The zero-order chi connectivity index (χ0) is 13.5. The molecule has 1 aliphatic rings. The number of nitrogens with zero attached hydrogens (tertiary/aromatic N) is 3. The van der Waals surface area contributed by atoms with Gasteiger partial charge in [0.1, 0.15) is 4.60 Å². The Morgan fingerprint density at radius 2 is 1.78 bits per heavy atom. The number of aryl methyl sites for hydroxylation is 1. The summed E-state index contributed by atoms with van der Waals surface area (Å²) in [6.45, 7) is 11.8. The van der Waals surface area contributed by atoms with Crippen LogP contribution in [-0.2, 0) is 6.54 Å². The van der Waals surface area contributed by atoms with Crippen molar-refractivity contribution in [2.45, 2.75) is 27.3 Å². The molecule has 1 aromatic heterocycles. The largest absolute Gasteiger partial charge is 0.304 e. The van der Waals surface area contributed by atoms with Crippen molar-refractivity contribution in [3.05, 3.63) is 28.0 Å². The van der Waals surface area contributed by atoms with Crippen LogP contribution in [0.5, 0.6) is 0 Å². The molecule has 0 N–H and O–H groups in total. The van der Waals surface area contributed by atoms with Crippen molar-refractivity contribution in [3.63, 3.8) is 0 Å². The lowest BCUT2D eigenvalue weighted by atomic mass is 10.2. The van der Waals surface area contributed by atoms with Gasteiger partial charge in [0.05, 0.1) is 0 Å². The van der Waals surface area contributed by atoms with Gasteiger partial charge in [-0.3, -0.25) is 4.90 Å². The molecule has 1 saturated heterocycles. The SMILES string of the molecule is CC.Cc1nc(Br)ccc1CN1CCN(C)CC1. The highest BCUT2D eigenvalue weighted by Gasteiger charge is 2.14. The summed E-state index contributed by atoms with van der Waals surface area (Å²) < 4.78 is 0.923. The topological polar surface area (TPSA) is 19.4 Å². The van der Waals surface area contributed by atoms with Gasteiger partial charge in [-0.05, 0) is 41.5 Å². The second kappa shape index (κ2) is 7.87. The molecule has 18 heavy (non-hydrogen) atoms. The lowest BCUT2D eigenvalue weighted by Gasteiger charge is -2.32. The smallest absolute Gasteiger partial charge is 0.106 e. The molecule has 0 atom stereocenters. The Morgan fingerprint density at radius 3 is 2.33 bits per heavy atom. The first kappa shape index (κ1) is 15.6. The second-order valence-electron chi connectivity index (χ2n) is 4.46. The monoisotopic (exact) mass is 313 g/mol. The number of likely N-dealkylation sites (N-methyl/N-ethyl adjacent to an activating group) is 1. The standard InChI is InChI=1S/C12H18BrN3.C2H6/c1-10-11(3-4-12(13)14-10)9-16-7-5-15(2)6-8-16;1-2/h3-4H,5-9H2,1-2H3;1-2H3. The van der Waals surface area contributed by atoms with E-state index in [1.54, 1.807) is 0 Å². The molecule has 0 radical (unpaired) electrons. The van der Waals surface area contributed by atoms with E-state index in [0.717, 1.165) is 29.9 Å². The van der Waals surface area contributed by atoms with Crippen LogP contribution in [0.2, 0.25) is 0 Å². The van der Waals surface area contributed by atoms with Crippen LogP contribution in [0.3, 0.4) is 0 Å². The van der Waals surface area contributed by atoms with Gasteiger partial charge >= 0.3 is 0 Å². The average Bonchev–Trinajstić information content (AvgIpc) is 2.38. The molecule has 3 nitrogen and oxygen atoms in total. The molecule has 1 fully saturated rings. The highest BCUT2D eigenvalue weighted by molar-refractivity contribution is 9.10. The highest BCUT2D eigenvalue weighted by Crippen LogP contribution is 2.14. The first-order valence-corrected chi connectivity index (χ1v) is 7.47. The molecular weight excluding hydrogens is 290 g/mol. The number of piperazine rings is 1. The fourth-order valence-corrected chi connectivity index (χ4v) is 2.37. The van der Waals surface area contributed by atoms with E-state index in [9.17, 15) is 0 Å². The lowest BCUT2D eigenvalue weighted by molar-refractivity contribution is 0.148. The molecule has 4 heteroatoms. The van der Waals surface area contributed by atoms with E-state index in [-0.39, 0.29) is 0 Å². The lowest BCUT2D eigenvalue weighted by Crippen LogP contribution is -2.44. The molecule has 2 heterocycles. The highest BCUT2D eigenvalue weighted by atomic mass is 79.9. The first-order valence-electron chi connectivity index (χ1n) is 6.68. The Balaban J connectivity index is 0.000000771. The summed E-state index contributed by atoms with van der Waals surface area (Å²) in [7, 11) is 2.18. The summed E-state index contributed by atoms with van der Waals surface area (Å²) >= 11 is 3.40. The van der Waals surface area contributed by atoms with Gasteiger partial charge in [-0.2, -0.15) is 0 Å². The average molecular weight is 314 g/mol. The van der Waals surface area contributed by atoms with Crippen LogP contribution in [0.25, 0.3) is 0 Å². The fraction of sp³-hybridized carbons (Fsp3) is 0.643. The summed E-state index contributed by atoms with van der Waals surface area (Å²) in [4.78, 5) is 9.31. The quantitative estimate of drug-likeness (QED) is 0.783. The van der Waals surface area contributed by atoms with E-state index < -0.39 is 0 Å². The fourth-order valence-electron chi connectivity index (χ4n) is 1.97. The van der Waals surface area contributed by atoms with E-state index in [1.807, 2.05) is 19.9 Å². The number of rotatable bonds is 2. The molecule has 0 bridgehead atoms. The van der Waals surface area contributed by atoms with Gasteiger partial charge in [0.2, 0.25) is 0 Å². The van der Waals surface area contributed by atoms with Gasteiger partial charge in [0.25, 0.3) is 0 Å². The van der Waals surface area contributed by atoms with Gasteiger partial charge in [-0.15, -0.1) is 0 Å². The van der Waals surface area contributed by atoms with E-state index in [2.05, 4.69) is 50.8 Å². The van der Waals surface area contributed by atoms with E-state index in [4.69, 9.17) is 0 Å². The molecule has 1 aromatic rings. The normalized spacial score (nSPS) is 17.2. The van der Waals surface area contributed by atoms with Crippen molar-refractivity contribution in [2.75, 3.05) is 33.2 Å². The van der Waals surface area contributed by atoms with Gasteiger partial charge in [0, 0.05) is 38.4 Å². The summed E-state index contributed by atoms with van der Waals surface area (Å²) in [6.07, 6.45) is 0. The van der Waals surface area contributed by atoms with Gasteiger partial charge in [0.15, 0.2) is 0 Å². The number of aromatic nitrogens is 1. The Kier molecular flexibility index (Phi) is 6.82. The maximum Gasteiger partial charge on any atom is 0.106 e. The first-order chi connectivity index (χ1) is 8.65. The van der Waals surface area contributed by atoms with Gasteiger partial charge < -0.3 is 4.90 Å². The molecule has 1 aliphatic heterocycles. The van der Waals surface area contributed by atoms with Crippen LogP contribution in [0.1, 0.15) is 25.1 Å². The minimum absolute atomic E-state index is 0.923. The van der Waals surface area contributed by atoms with Crippen LogP contribution < -0.4 is 0 Å². The van der Waals surface area contributed by atoms with Crippen molar-refractivity contribution in [2.24, 2.45) is 0 Å². The molecule has 0 saturated carbocycles. The third kappa shape index (κ3) is 4.67. The van der Waals surface area contributed by atoms with E-state index >= 15 is 0 Å². The number of halogens is 1. The predicted octanol–water partition coefficient (Wildman–Crippen LogP) is 2.93. The molecule has 0 unspecified atom stereocenters. The Hall–Kier alpha value is -0.450. The van der Waals surface area contributed by atoms with Crippen molar-refractivity contribution in [1.29, 1.82) is 0 Å². The van der Waals surface area contributed by atoms with Crippen LogP contribution in [0, 0.1) is 6.92 Å². The Bertz CT molecular complexity index is 360. The Labute approximate surface area is 119 Å². The number of pyridine rings is 1. The Morgan fingerprint density at radius 1 is 1.17 bits per heavy atom. The zero-order valence-corrected chi connectivity index (χ0v) is 13.5. The van der Waals surface area contributed by atoms with Crippen LogP contribution in [0.4, 0.5) is 0 Å². The van der Waals surface area contributed by atoms with Crippen LogP contribution in [-0.4, -0.2) is 48.0 Å². The maximum absolute atomic E-state index is 4.43. The molecule has 0 spiro atoms. The van der Waals surface area contributed by atoms with E-state index in [0.29, 0.717) is 0 Å². The minimum Gasteiger partial charge on any atom is -0.304 e. The van der Waals surface area contributed by atoms with Crippen molar-refractivity contribution < 1.29 is 0 Å². The molecule has 0 amide bonds. The second-order valence-corrected chi connectivity index (χ2v) is 5.27. The van der Waals surface area contributed by atoms with Crippen LogP contribution >= 0.6 is 15.9 Å². The zero-order valence-electron chi connectivity index (χ0n) is 11.9. The van der Waals surface area contributed by atoms with Crippen molar-refractivity contribution in [1.82, 2.24) is 14.8 Å². The predicted molar refractivity (Wildman–Crippen MR) is 80.8 cm³/mol. The van der Waals surface area contributed by atoms with Crippen molar-refractivity contribution in [3.8, 4) is 0 Å². The number of hydrogen-bond acceptors (Lipinski definition) is 3. The summed E-state index contributed by atoms with van der Waals surface area (Å²) in [5, 5.41) is 0. The maximum atomic E-state index is 4.43. The molecule has 102 valence electrons. The summed E-state index contributed by atoms with van der Waals surface area (Å²) in [5.41, 5.74) is 2.47. The third-order valence-corrected chi connectivity index (χ3v) is 3.59. The summed E-state index contributed by atoms with van der Waals surface area (Å²) in [6, 6.07) is 4.20. The molecule has 2 rings (SSSR count). The van der Waals surface area contributed by atoms with Crippen molar-refractivity contribution >= 4 is 15.9 Å². The summed E-state index contributed by atoms with van der Waals surface area (Å²) in [5.74, 6) is 0.